The van der Waals surface area contributed by atoms with Gasteiger partial charge in [-0.05, 0) is 39.0 Å². The van der Waals surface area contributed by atoms with Gasteiger partial charge in [-0.3, -0.25) is 4.79 Å². The minimum atomic E-state index is -0.214. The number of aromatic nitrogens is 3. The molecule has 0 aliphatic heterocycles. The van der Waals surface area contributed by atoms with Crippen LogP contribution in [0.2, 0.25) is 0 Å². The summed E-state index contributed by atoms with van der Waals surface area (Å²) in [5.74, 6) is 1.89. The Bertz CT molecular complexity index is 826. The highest BCUT2D eigenvalue weighted by molar-refractivity contribution is 7.17. The fourth-order valence-electron chi connectivity index (χ4n) is 2.13. The number of carbonyl (C=O) groups excluding carboxylic acids is 1. The van der Waals surface area contributed by atoms with E-state index in [1.165, 1.54) is 11.3 Å². The first kappa shape index (κ1) is 15.4. The number of thiazole rings is 1. The quantitative estimate of drug-likeness (QED) is 0.794. The van der Waals surface area contributed by atoms with Gasteiger partial charge in [-0.15, -0.1) is 11.3 Å². The van der Waals surface area contributed by atoms with E-state index in [2.05, 4.69) is 20.3 Å². The molecule has 7 heteroatoms. The Balaban J connectivity index is 1.79. The highest BCUT2D eigenvalue weighted by Gasteiger charge is 2.20. The molecule has 3 rings (SSSR count). The minimum Gasteiger partial charge on any atom is -0.464 e. The van der Waals surface area contributed by atoms with Gasteiger partial charge in [0.1, 0.15) is 16.4 Å². The van der Waals surface area contributed by atoms with E-state index < -0.39 is 0 Å². The summed E-state index contributed by atoms with van der Waals surface area (Å²) in [6.45, 7) is 5.56. The van der Waals surface area contributed by atoms with Crippen molar-refractivity contribution in [3.8, 4) is 10.8 Å². The zero-order valence-corrected chi connectivity index (χ0v) is 13.8. The number of aryl methyl sites for hydroxylation is 2. The summed E-state index contributed by atoms with van der Waals surface area (Å²) in [5, 5.41) is 3.56. The zero-order chi connectivity index (χ0) is 16.4. The van der Waals surface area contributed by atoms with Crippen LogP contribution in [0.25, 0.3) is 10.8 Å². The lowest BCUT2D eigenvalue weighted by Gasteiger charge is -2.10. The second kappa shape index (κ2) is 6.29. The molecular weight excluding hydrogens is 312 g/mol. The van der Waals surface area contributed by atoms with E-state index in [9.17, 15) is 4.79 Å². The predicted octanol–water partition coefficient (Wildman–Crippen LogP) is 3.30. The van der Waals surface area contributed by atoms with Crippen molar-refractivity contribution in [2.24, 2.45) is 0 Å². The summed E-state index contributed by atoms with van der Waals surface area (Å²) in [5.41, 5.74) is 0.665. The maximum absolute atomic E-state index is 12.5. The molecule has 0 fully saturated rings. The Kier molecular flexibility index (Phi) is 4.20. The van der Waals surface area contributed by atoms with Gasteiger partial charge in [0.2, 0.25) is 0 Å². The van der Waals surface area contributed by atoms with E-state index in [-0.39, 0.29) is 11.9 Å². The molecular formula is C16H16N4O2S. The van der Waals surface area contributed by atoms with Crippen LogP contribution in [-0.4, -0.2) is 20.9 Å². The number of nitrogens with one attached hydrogen (secondary N) is 1. The molecule has 3 heterocycles. The van der Waals surface area contributed by atoms with Gasteiger partial charge < -0.3 is 9.73 Å². The molecule has 0 saturated carbocycles. The van der Waals surface area contributed by atoms with Crippen molar-refractivity contribution in [1.29, 1.82) is 0 Å². The standard InChI is InChI=1S/C16H16N4O2S/c1-9-5-6-12(22-9)10(2)19-15(21)13-11(3)20-16(23-13)14-17-7-4-8-18-14/h4-8,10H,1-3H3,(H,19,21). The average molecular weight is 328 g/mol. The van der Waals surface area contributed by atoms with E-state index in [1.54, 1.807) is 25.4 Å². The van der Waals surface area contributed by atoms with Crippen LogP contribution in [0.1, 0.15) is 39.9 Å². The maximum atomic E-state index is 12.5. The number of carbonyl (C=O) groups is 1. The van der Waals surface area contributed by atoms with Crippen LogP contribution >= 0.6 is 11.3 Å². The van der Waals surface area contributed by atoms with Crippen LogP contribution in [-0.2, 0) is 0 Å². The number of nitrogens with zero attached hydrogens (tertiary/aromatic N) is 3. The normalized spacial score (nSPS) is 12.1. The third-order valence-electron chi connectivity index (χ3n) is 3.30. The molecule has 0 saturated heterocycles. The molecule has 0 aromatic carbocycles. The van der Waals surface area contributed by atoms with Crippen LogP contribution in [0.4, 0.5) is 0 Å². The van der Waals surface area contributed by atoms with Crippen LogP contribution in [0, 0.1) is 13.8 Å². The van der Waals surface area contributed by atoms with Crippen LogP contribution in [0.15, 0.2) is 35.0 Å². The largest absolute Gasteiger partial charge is 0.464 e. The number of amides is 1. The van der Waals surface area contributed by atoms with E-state index in [0.717, 1.165) is 11.5 Å². The van der Waals surface area contributed by atoms with Crippen molar-refractivity contribution in [3.63, 3.8) is 0 Å². The van der Waals surface area contributed by atoms with E-state index in [1.807, 2.05) is 26.0 Å². The lowest BCUT2D eigenvalue weighted by Crippen LogP contribution is -2.26. The van der Waals surface area contributed by atoms with Gasteiger partial charge in [0.05, 0.1) is 11.7 Å². The van der Waals surface area contributed by atoms with Crippen LogP contribution in [0.5, 0.6) is 0 Å². The molecule has 118 valence electrons. The number of furan rings is 1. The van der Waals surface area contributed by atoms with Gasteiger partial charge in [-0.1, -0.05) is 0 Å². The monoisotopic (exact) mass is 328 g/mol. The van der Waals surface area contributed by atoms with Gasteiger partial charge in [0.15, 0.2) is 10.8 Å². The maximum Gasteiger partial charge on any atom is 0.263 e. The summed E-state index contributed by atoms with van der Waals surface area (Å²) >= 11 is 1.28. The number of rotatable bonds is 4. The Labute approximate surface area is 137 Å². The lowest BCUT2D eigenvalue weighted by molar-refractivity contribution is 0.0938. The smallest absolute Gasteiger partial charge is 0.263 e. The van der Waals surface area contributed by atoms with Crippen molar-refractivity contribution >= 4 is 17.2 Å². The fraction of sp³-hybridized carbons (Fsp3) is 0.250. The molecule has 0 aliphatic carbocycles. The highest BCUT2D eigenvalue weighted by atomic mass is 32.1. The van der Waals surface area contributed by atoms with Crippen molar-refractivity contribution in [2.45, 2.75) is 26.8 Å². The minimum absolute atomic E-state index is 0.177. The Hall–Kier alpha value is -2.54. The zero-order valence-electron chi connectivity index (χ0n) is 13.0. The molecule has 0 bridgehead atoms. The molecule has 23 heavy (non-hydrogen) atoms. The van der Waals surface area contributed by atoms with Gasteiger partial charge in [0.25, 0.3) is 5.91 Å². The summed E-state index contributed by atoms with van der Waals surface area (Å²) in [4.78, 5) is 25.8. The van der Waals surface area contributed by atoms with Crippen LogP contribution in [0.3, 0.4) is 0 Å². The molecule has 0 spiro atoms. The van der Waals surface area contributed by atoms with Crippen molar-refractivity contribution in [1.82, 2.24) is 20.3 Å². The summed E-state index contributed by atoms with van der Waals surface area (Å²) < 4.78 is 5.54. The molecule has 1 N–H and O–H groups in total. The first-order valence-electron chi connectivity index (χ1n) is 7.16. The third kappa shape index (κ3) is 3.29. The SMILES string of the molecule is Cc1ccc(C(C)NC(=O)c2sc(-c3ncccn3)nc2C)o1. The molecule has 1 unspecified atom stereocenters. The first-order valence-corrected chi connectivity index (χ1v) is 7.98. The Morgan fingerprint density at radius 3 is 2.65 bits per heavy atom. The summed E-state index contributed by atoms with van der Waals surface area (Å²) in [7, 11) is 0. The highest BCUT2D eigenvalue weighted by Crippen LogP contribution is 2.26. The topological polar surface area (TPSA) is 80.9 Å². The number of hydrogen-bond acceptors (Lipinski definition) is 6. The third-order valence-corrected chi connectivity index (χ3v) is 4.45. The van der Waals surface area contributed by atoms with Gasteiger partial charge in [0, 0.05) is 12.4 Å². The van der Waals surface area contributed by atoms with Crippen molar-refractivity contribution < 1.29 is 9.21 Å². The van der Waals surface area contributed by atoms with Gasteiger partial charge in [-0.2, -0.15) is 0 Å². The summed E-state index contributed by atoms with van der Waals surface area (Å²) in [6.07, 6.45) is 3.31. The van der Waals surface area contributed by atoms with Crippen molar-refractivity contribution in [2.75, 3.05) is 0 Å². The molecule has 0 aliphatic rings. The molecule has 3 aromatic heterocycles. The Morgan fingerprint density at radius 1 is 1.26 bits per heavy atom. The Morgan fingerprint density at radius 2 is 2.00 bits per heavy atom. The van der Waals surface area contributed by atoms with E-state index in [4.69, 9.17) is 4.42 Å². The fourth-order valence-corrected chi connectivity index (χ4v) is 3.05. The van der Waals surface area contributed by atoms with E-state index >= 15 is 0 Å². The van der Waals surface area contributed by atoms with Gasteiger partial charge in [-0.25, -0.2) is 15.0 Å². The second-order valence-corrected chi connectivity index (χ2v) is 6.15. The van der Waals surface area contributed by atoms with Crippen molar-refractivity contribution in [3.05, 3.63) is 52.7 Å². The molecule has 1 amide bonds. The predicted molar refractivity (Wildman–Crippen MR) is 87.2 cm³/mol. The first-order chi connectivity index (χ1) is 11.0. The lowest BCUT2D eigenvalue weighted by atomic mass is 10.2. The number of hydrogen-bond donors (Lipinski definition) is 1. The molecule has 6 nitrogen and oxygen atoms in total. The molecule has 3 aromatic rings. The van der Waals surface area contributed by atoms with Gasteiger partial charge >= 0.3 is 0 Å². The average Bonchev–Trinajstić information content (AvgIpc) is 3.14. The van der Waals surface area contributed by atoms with Crippen LogP contribution < -0.4 is 5.32 Å². The molecule has 1 atom stereocenters. The summed E-state index contributed by atoms with van der Waals surface area (Å²) in [6, 6.07) is 5.27. The second-order valence-electron chi connectivity index (χ2n) is 5.15. The van der Waals surface area contributed by atoms with E-state index in [0.29, 0.717) is 21.4 Å². The molecule has 0 radical (unpaired) electrons.